The molecule has 0 aliphatic rings. The van der Waals surface area contributed by atoms with Crippen LogP contribution < -0.4 is 0 Å². The number of carbonyl (C=O) groups excluding carboxylic acids is 1. The van der Waals surface area contributed by atoms with E-state index in [4.69, 9.17) is 4.74 Å². The quantitative estimate of drug-likeness (QED) is 0.713. The lowest BCUT2D eigenvalue weighted by molar-refractivity contribution is 0.0655. The normalized spacial score (nSPS) is 12.8. The molecule has 0 N–H and O–H groups in total. The first-order chi connectivity index (χ1) is 7.54. The van der Waals surface area contributed by atoms with Crippen molar-refractivity contribution in [3.05, 3.63) is 35.4 Å². The molecule has 0 aliphatic heterocycles. The summed E-state index contributed by atoms with van der Waals surface area (Å²) in [5.41, 5.74) is 2.00. The summed E-state index contributed by atoms with van der Waals surface area (Å²) < 4.78 is 5.01. The molecule has 0 amide bonds. The molecule has 0 saturated carbocycles. The van der Waals surface area contributed by atoms with Crippen molar-refractivity contribution in [1.82, 2.24) is 0 Å². The monoisotopic (exact) mass is 220 g/mol. The highest BCUT2D eigenvalue weighted by atomic mass is 16.5. The third-order valence-electron chi connectivity index (χ3n) is 2.61. The first-order valence-corrected chi connectivity index (χ1v) is 5.70. The number of methoxy groups -OCH3 is 1. The van der Waals surface area contributed by atoms with Crippen LogP contribution in [0.2, 0.25) is 0 Å². The second-order valence-corrected chi connectivity index (χ2v) is 4.54. The lowest BCUT2D eigenvalue weighted by Gasteiger charge is -2.09. The van der Waals surface area contributed by atoms with E-state index in [2.05, 4.69) is 13.8 Å². The summed E-state index contributed by atoms with van der Waals surface area (Å²) in [4.78, 5) is 11.8. The van der Waals surface area contributed by atoms with E-state index in [9.17, 15) is 4.79 Å². The number of carbonyl (C=O) groups is 1. The molecule has 0 saturated heterocycles. The van der Waals surface area contributed by atoms with Gasteiger partial charge in [0, 0.05) is 12.7 Å². The second-order valence-electron chi connectivity index (χ2n) is 4.54. The molecule has 2 heteroatoms. The summed E-state index contributed by atoms with van der Waals surface area (Å²) in [6.45, 7) is 6.14. The maximum absolute atomic E-state index is 11.8. The van der Waals surface area contributed by atoms with Gasteiger partial charge in [-0.2, -0.15) is 0 Å². The molecular weight excluding hydrogens is 200 g/mol. The van der Waals surface area contributed by atoms with Gasteiger partial charge in [-0.05, 0) is 24.8 Å². The van der Waals surface area contributed by atoms with Crippen LogP contribution in [0.3, 0.4) is 0 Å². The Balaban J connectivity index is 2.74. The van der Waals surface area contributed by atoms with Crippen LogP contribution in [0.1, 0.15) is 36.7 Å². The fourth-order valence-corrected chi connectivity index (χ4v) is 1.62. The predicted molar refractivity (Wildman–Crippen MR) is 65.8 cm³/mol. The fourth-order valence-electron chi connectivity index (χ4n) is 1.62. The van der Waals surface area contributed by atoms with E-state index in [0.29, 0.717) is 5.92 Å². The highest BCUT2D eigenvalue weighted by molar-refractivity contribution is 5.99. The van der Waals surface area contributed by atoms with E-state index in [0.717, 1.165) is 12.0 Å². The Morgan fingerprint density at radius 2 is 1.75 bits per heavy atom. The summed E-state index contributed by atoms with van der Waals surface area (Å²) >= 11 is 0. The van der Waals surface area contributed by atoms with E-state index < -0.39 is 0 Å². The van der Waals surface area contributed by atoms with Crippen molar-refractivity contribution in [3.8, 4) is 0 Å². The minimum absolute atomic E-state index is 0.0404. The molecule has 16 heavy (non-hydrogen) atoms. The molecule has 0 bridgehead atoms. The molecule has 1 unspecified atom stereocenters. The first-order valence-electron chi connectivity index (χ1n) is 5.70. The number of hydrogen-bond donors (Lipinski definition) is 0. The number of Topliss-reactive ketones (excluding diaryl/α,β-unsaturated/α-hetero) is 1. The van der Waals surface area contributed by atoms with Crippen molar-refractivity contribution in [2.45, 2.75) is 33.3 Å². The molecule has 0 fully saturated rings. The van der Waals surface area contributed by atoms with Gasteiger partial charge in [0.15, 0.2) is 5.78 Å². The largest absolute Gasteiger partial charge is 0.374 e. The smallest absolute Gasteiger partial charge is 0.191 e. The van der Waals surface area contributed by atoms with Crippen LogP contribution in [0, 0.1) is 5.92 Å². The Hall–Kier alpha value is -1.15. The van der Waals surface area contributed by atoms with E-state index in [1.807, 2.05) is 24.3 Å². The molecule has 1 rings (SSSR count). The minimum Gasteiger partial charge on any atom is -0.374 e. The zero-order valence-corrected chi connectivity index (χ0v) is 10.5. The van der Waals surface area contributed by atoms with Crippen molar-refractivity contribution in [2.75, 3.05) is 7.11 Å². The summed E-state index contributed by atoms with van der Waals surface area (Å²) in [7, 11) is 1.55. The third-order valence-corrected chi connectivity index (χ3v) is 2.61. The predicted octanol–water partition coefficient (Wildman–Crippen LogP) is 3.10. The average Bonchev–Trinajstić information content (AvgIpc) is 2.27. The Bertz CT molecular complexity index is 338. The van der Waals surface area contributed by atoms with Crippen molar-refractivity contribution in [1.29, 1.82) is 0 Å². The molecule has 1 aromatic carbocycles. The molecule has 88 valence electrons. The van der Waals surface area contributed by atoms with Crippen LogP contribution in [0.5, 0.6) is 0 Å². The van der Waals surface area contributed by atoms with Gasteiger partial charge >= 0.3 is 0 Å². The number of rotatable bonds is 5. The summed E-state index contributed by atoms with van der Waals surface area (Å²) in [6, 6.07) is 7.82. The zero-order chi connectivity index (χ0) is 12.1. The van der Waals surface area contributed by atoms with Gasteiger partial charge in [0.25, 0.3) is 0 Å². The van der Waals surface area contributed by atoms with E-state index in [1.165, 1.54) is 5.56 Å². The Labute approximate surface area is 97.6 Å². The molecule has 0 aromatic heterocycles. The molecule has 1 atom stereocenters. The van der Waals surface area contributed by atoms with Crippen LogP contribution in [-0.2, 0) is 11.2 Å². The average molecular weight is 220 g/mol. The SMILES string of the molecule is COC(C)C(=O)c1ccc(CC(C)C)cc1. The molecular formula is C14H20O2. The van der Waals surface area contributed by atoms with Gasteiger partial charge in [0.1, 0.15) is 6.10 Å². The van der Waals surface area contributed by atoms with Gasteiger partial charge < -0.3 is 4.74 Å². The van der Waals surface area contributed by atoms with Gasteiger partial charge in [-0.3, -0.25) is 4.79 Å². The van der Waals surface area contributed by atoms with Gasteiger partial charge in [-0.15, -0.1) is 0 Å². The minimum atomic E-state index is -0.365. The maximum atomic E-state index is 11.8. The van der Waals surface area contributed by atoms with Crippen molar-refractivity contribution in [2.24, 2.45) is 5.92 Å². The summed E-state index contributed by atoms with van der Waals surface area (Å²) in [5.74, 6) is 0.679. The van der Waals surface area contributed by atoms with E-state index in [-0.39, 0.29) is 11.9 Å². The van der Waals surface area contributed by atoms with Gasteiger partial charge in [-0.1, -0.05) is 38.1 Å². The number of hydrogen-bond acceptors (Lipinski definition) is 2. The Morgan fingerprint density at radius 1 is 1.19 bits per heavy atom. The molecule has 0 heterocycles. The van der Waals surface area contributed by atoms with Crippen LogP contribution in [-0.4, -0.2) is 19.0 Å². The standard InChI is InChI=1S/C14H20O2/c1-10(2)9-12-5-7-13(8-6-12)14(15)11(3)16-4/h5-8,10-11H,9H2,1-4H3. The second kappa shape index (κ2) is 5.80. The number of benzene rings is 1. The van der Waals surface area contributed by atoms with E-state index in [1.54, 1.807) is 14.0 Å². The van der Waals surface area contributed by atoms with Gasteiger partial charge in [-0.25, -0.2) is 0 Å². The van der Waals surface area contributed by atoms with Crippen molar-refractivity contribution >= 4 is 5.78 Å². The highest BCUT2D eigenvalue weighted by Crippen LogP contribution is 2.11. The summed E-state index contributed by atoms with van der Waals surface area (Å²) in [6.07, 6.45) is 0.685. The maximum Gasteiger partial charge on any atom is 0.191 e. The number of ketones is 1. The van der Waals surface area contributed by atoms with E-state index >= 15 is 0 Å². The van der Waals surface area contributed by atoms with Crippen LogP contribution in [0.25, 0.3) is 0 Å². The highest BCUT2D eigenvalue weighted by Gasteiger charge is 2.13. The molecule has 2 nitrogen and oxygen atoms in total. The topological polar surface area (TPSA) is 26.3 Å². The van der Waals surface area contributed by atoms with Crippen LogP contribution >= 0.6 is 0 Å². The summed E-state index contributed by atoms with van der Waals surface area (Å²) in [5, 5.41) is 0. The first kappa shape index (κ1) is 12.9. The van der Waals surface area contributed by atoms with Crippen LogP contribution in [0.4, 0.5) is 0 Å². The zero-order valence-electron chi connectivity index (χ0n) is 10.5. The van der Waals surface area contributed by atoms with Gasteiger partial charge in [0.05, 0.1) is 0 Å². The number of ether oxygens (including phenoxy) is 1. The molecule has 1 aromatic rings. The van der Waals surface area contributed by atoms with Crippen molar-refractivity contribution in [3.63, 3.8) is 0 Å². The molecule has 0 aliphatic carbocycles. The molecule has 0 spiro atoms. The molecule has 0 radical (unpaired) electrons. The van der Waals surface area contributed by atoms with Crippen molar-refractivity contribution < 1.29 is 9.53 Å². The third kappa shape index (κ3) is 3.46. The lowest BCUT2D eigenvalue weighted by Crippen LogP contribution is -2.18. The van der Waals surface area contributed by atoms with Gasteiger partial charge in [0.2, 0.25) is 0 Å². The Morgan fingerprint density at radius 3 is 2.19 bits per heavy atom. The lowest BCUT2D eigenvalue weighted by atomic mass is 10.00. The Kier molecular flexibility index (Phi) is 4.69. The fraction of sp³-hybridized carbons (Fsp3) is 0.500. The van der Waals surface area contributed by atoms with Crippen LogP contribution in [0.15, 0.2) is 24.3 Å².